The minimum Gasteiger partial charge on any atom is -0.0925 e. The van der Waals surface area contributed by atoms with E-state index >= 15 is 0 Å². The molecule has 0 amide bonds. The Morgan fingerprint density at radius 3 is 2.11 bits per heavy atom. The lowest BCUT2D eigenvalue weighted by Crippen LogP contribution is -2.28. The zero-order valence-corrected chi connectivity index (χ0v) is 15.6. The van der Waals surface area contributed by atoms with Crippen molar-refractivity contribution in [3.05, 3.63) is 0 Å². The van der Waals surface area contributed by atoms with Crippen LogP contribution in [0.25, 0.3) is 0 Å². The van der Waals surface area contributed by atoms with Crippen LogP contribution in [0.4, 0.5) is 0 Å². The van der Waals surface area contributed by atoms with E-state index in [1.165, 1.54) is 31.0 Å². The quantitative estimate of drug-likeness (QED) is 0.314. The number of halogens is 1. The molecule has 0 bridgehead atoms. The Labute approximate surface area is 130 Å². The van der Waals surface area contributed by atoms with Gasteiger partial charge in [-0.05, 0) is 43.4 Å². The molecule has 0 radical (unpaired) electrons. The van der Waals surface area contributed by atoms with Crippen molar-refractivity contribution in [2.75, 3.05) is 5.33 Å². The number of alkyl halides is 1. The highest BCUT2D eigenvalue weighted by atomic mass is 79.9. The smallest absolute Gasteiger partial charge is 0.0368 e. The fraction of sp³-hybridized carbons (Fsp3) is 1.00. The molecular weight excluding hydrogens is 312 g/mol. The maximum Gasteiger partial charge on any atom is 0.0368 e. The van der Waals surface area contributed by atoms with Gasteiger partial charge in [0.25, 0.3) is 0 Å². The first kappa shape index (κ1) is 16.1. The fourth-order valence-electron chi connectivity index (χ4n) is 4.45. The van der Waals surface area contributed by atoms with Crippen molar-refractivity contribution < 1.29 is 0 Å². The molecule has 112 valence electrons. The number of hydrogen-bond acceptors (Lipinski definition) is 0. The molecule has 1 saturated heterocycles. The van der Waals surface area contributed by atoms with Crippen molar-refractivity contribution in [3.63, 3.8) is 0 Å². The van der Waals surface area contributed by atoms with Gasteiger partial charge in [0.05, 0.1) is 0 Å². The first-order chi connectivity index (χ1) is 9.33. The van der Waals surface area contributed by atoms with Crippen LogP contribution in [0.2, 0.25) is 18.1 Å². The average molecular weight is 345 g/mol. The summed E-state index contributed by atoms with van der Waals surface area (Å²) in [5.74, 6) is 3.24. The lowest BCUT2D eigenvalue weighted by atomic mass is 9.74. The standard InChI is InChI=1S/C17H33BrSi/c1-2-3-4-11-19-12-9-17(10-13-19)16-7-5-15(14-18)6-8-16/h15-17,19H,2-14H2,1H3/t15-,16-,17?,19?. The summed E-state index contributed by atoms with van der Waals surface area (Å²) in [7, 11) is -0.276. The van der Waals surface area contributed by atoms with E-state index < -0.39 is 0 Å². The van der Waals surface area contributed by atoms with E-state index in [1.807, 2.05) is 0 Å². The van der Waals surface area contributed by atoms with Gasteiger partial charge in [-0.2, -0.15) is 0 Å². The highest BCUT2D eigenvalue weighted by Gasteiger charge is 2.30. The number of unbranched alkanes of at least 4 members (excludes halogenated alkanes) is 2. The van der Waals surface area contributed by atoms with Crippen LogP contribution >= 0.6 is 15.9 Å². The van der Waals surface area contributed by atoms with E-state index in [4.69, 9.17) is 0 Å². The monoisotopic (exact) mass is 344 g/mol. The molecule has 2 fully saturated rings. The number of hydrogen-bond donors (Lipinski definition) is 0. The van der Waals surface area contributed by atoms with Crippen molar-refractivity contribution in [2.24, 2.45) is 17.8 Å². The van der Waals surface area contributed by atoms with Crippen LogP contribution in [0, 0.1) is 17.8 Å². The Hall–Kier alpha value is 0.697. The largest absolute Gasteiger partial charge is 0.0925 e. The third-order valence-corrected chi connectivity index (χ3v) is 10.3. The molecule has 19 heavy (non-hydrogen) atoms. The van der Waals surface area contributed by atoms with E-state index in [-0.39, 0.29) is 8.80 Å². The molecule has 0 aromatic rings. The molecule has 1 saturated carbocycles. The summed E-state index contributed by atoms with van der Waals surface area (Å²) in [5, 5.41) is 1.25. The minimum absolute atomic E-state index is 0.276. The zero-order chi connectivity index (χ0) is 13.5. The molecule has 2 aliphatic rings. The summed E-state index contributed by atoms with van der Waals surface area (Å²) in [5.41, 5.74) is 0. The van der Waals surface area contributed by atoms with Crippen molar-refractivity contribution in [3.8, 4) is 0 Å². The van der Waals surface area contributed by atoms with Gasteiger partial charge in [-0.1, -0.05) is 73.1 Å². The zero-order valence-electron chi connectivity index (χ0n) is 12.9. The van der Waals surface area contributed by atoms with Crippen LogP contribution in [0.5, 0.6) is 0 Å². The van der Waals surface area contributed by atoms with Gasteiger partial charge >= 0.3 is 0 Å². The van der Waals surface area contributed by atoms with E-state index in [0.717, 1.165) is 17.8 Å². The Kier molecular flexibility index (Phi) is 7.50. The van der Waals surface area contributed by atoms with Gasteiger partial charge in [-0.25, -0.2) is 0 Å². The highest BCUT2D eigenvalue weighted by molar-refractivity contribution is 9.09. The second-order valence-electron chi connectivity index (χ2n) is 7.21. The summed E-state index contributed by atoms with van der Waals surface area (Å²) in [6.07, 6.45) is 13.8. The maximum atomic E-state index is 3.67. The Morgan fingerprint density at radius 2 is 1.53 bits per heavy atom. The van der Waals surface area contributed by atoms with E-state index in [2.05, 4.69) is 22.9 Å². The lowest BCUT2D eigenvalue weighted by molar-refractivity contribution is 0.201. The molecular formula is C17H33BrSi. The summed E-state index contributed by atoms with van der Waals surface area (Å²) < 4.78 is 0. The summed E-state index contributed by atoms with van der Waals surface area (Å²) in [4.78, 5) is 0. The molecule has 1 heterocycles. The third-order valence-electron chi connectivity index (χ3n) is 5.88. The van der Waals surface area contributed by atoms with Crippen LogP contribution in [-0.4, -0.2) is 14.1 Å². The predicted octanol–water partition coefficient (Wildman–Crippen LogP) is 6.02. The predicted molar refractivity (Wildman–Crippen MR) is 93.1 cm³/mol. The average Bonchev–Trinajstić information content (AvgIpc) is 2.48. The Morgan fingerprint density at radius 1 is 0.895 bits per heavy atom. The van der Waals surface area contributed by atoms with Gasteiger partial charge in [0.2, 0.25) is 0 Å². The van der Waals surface area contributed by atoms with Gasteiger partial charge in [-0.3, -0.25) is 0 Å². The van der Waals surface area contributed by atoms with E-state index in [1.54, 1.807) is 50.2 Å². The van der Waals surface area contributed by atoms with Gasteiger partial charge in [0.15, 0.2) is 0 Å². The van der Waals surface area contributed by atoms with E-state index in [9.17, 15) is 0 Å². The molecule has 2 rings (SSSR count). The molecule has 1 aliphatic carbocycles. The molecule has 0 aromatic carbocycles. The van der Waals surface area contributed by atoms with Crippen molar-refractivity contribution >= 4 is 24.7 Å². The number of rotatable bonds is 6. The molecule has 0 spiro atoms. The van der Waals surface area contributed by atoms with Crippen molar-refractivity contribution in [1.29, 1.82) is 0 Å². The van der Waals surface area contributed by atoms with E-state index in [0.29, 0.717) is 0 Å². The summed E-state index contributed by atoms with van der Waals surface area (Å²) >= 11 is 3.67. The fourth-order valence-corrected chi connectivity index (χ4v) is 8.62. The van der Waals surface area contributed by atoms with Crippen LogP contribution in [0.3, 0.4) is 0 Å². The first-order valence-corrected chi connectivity index (χ1v) is 12.5. The molecule has 1 aliphatic heterocycles. The highest BCUT2D eigenvalue weighted by Crippen LogP contribution is 2.41. The van der Waals surface area contributed by atoms with Gasteiger partial charge in [0, 0.05) is 14.1 Å². The summed E-state index contributed by atoms with van der Waals surface area (Å²) in [6, 6.07) is 5.04. The van der Waals surface area contributed by atoms with Crippen LogP contribution in [0.1, 0.15) is 64.7 Å². The van der Waals surface area contributed by atoms with Gasteiger partial charge in [-0.15, -0.1) is 0 Å². The third kappa shape index (κ3) is 5.19. The van der Waals surface area contributed by atoms with Crippen LogP contribution in [0.15, 0.2) is 0 Å². The molecule has 0 unspecified atom stereocenters. The normalized spacial score (nSPS) is 36.3. The van der Waals surface area contributed by atoms with Gasteiger partial charge < -0.3 is 0 Å². The van der Waals surface area contributed by atoms with Crippen molar-refractivity contribution in [2.45, 2.75) is 82.8 Å². The first-order valence-electron chi connectivity index (χ1n) is 8.89. The Balaban J connectivity index is 1.63. The molecule has 0 N–H and O–H groups in total. The topological polar surface area (TPSA) is 0 Å². The van der Waals surface area contributed by atoms with Crippen LogP contribution < -0.4 is 0 Å². The van der Waals surface area contributed by atoms with Crippen molar-refractivity contribution in [1.82, 2.24) is 0 Å². The molecule has 0 aromatic heterocycles. The molecule has 0 nitrogen and oxygen atoms in total. The van der Waals surface area contributed by atoms with Crippen LogP contribution in [-0.2, 0) is 0 Å². The lowest BCUT2D eigenvalue weighted by Gasteiger charge is -2.37. The molecule has 2 heteroatoms. The molecule has 0 atom stereocenters. The second-order valence-corrected chi connectivity index (χ2v) is 11.3. The SMILES string of the molecule is CCCCC[SiH]1CCC([C@H]2CC[C@H](CBr)CC2)CC1. The maximum absolute atomic E-state index is 3.67. The minimum atomic E-state index is -0.276. The Bertz CT molecular complexity index is 227. The van der Waals surface area contributed by atoms with Gasteiger partial charge in [0.1, 0.15) is 0 Å². The second kappa shape index (κ2) is 8.87. The summed E-state index contributed by atoms with van der Waals surface area (Å²) in [6.45, 7) is 2.34.